The van der Waals surface area contributed by atoms with E-state index in [9.17, 15) is 4.39 Å². The van der Waals surface area contributed by atoms with Crippen LogP contribution in [0.1, 0.15) is 141 Å². The van der Waals surface area contributed by atoms with E-state index in [-0.39, 0.29) is 17.3 Å². The van der Waals surface area contributed by atoms with Gasteiger partial charge < -0.3 is 0 Å². The van der Waals surface area contributed by atoms with Crippen LogP contribution in [0.5, 0.6) is 0 Å². The summed E-state index contributed by atoms with van der Waals surface area (Å²) in [6, 6.07) is 16.3. The molecule has 1 aliphatic rings. The predicted molar refractivity (Wildman–Crippen MR) is 195 cm³/mol. The van der Waals surface area contributed by atoms with Crippen LogP contribution >= 0.6 is 0 Å². The number of aryl methyl sites for hydroxylation is 1. The van der Waals surface area contributed by atoms with Crippen LogP contribution in [-0.2, 0) is 6.42 Å². The Labute approximate surface area is 284 Å². The average molecular weight is 645 g/mol. The van der Waals surface area contributed by atoms with Gasteiger partial charge in [0.25, 0.3) is 0 Å². The first kappa shape index (κ1) is 37.0. The van der Waals surface area contributed by atoms with Crippen molar-refractivity contribution in [2.24, 2.45) is 17.8 Å². The van der Waals surface area contributed by atoms with E-state index in [1.807, 2.05) is 30.3 Å². The summed E-state index contributed by atoms with van der Waals surface area (Å²) in [7, 11) is 0. The highest BCUT2D eigenvalue weighted by molar-refractivity contribution is 5.71. The molecular weight excluding hydrogens is 585 g/mol. The number of hydrogen-bond acceptors (Lipinski definition) is 0. The third kappa shape index (κ3) is 10.6. The van der Waals surface area contributed by atoms with Gasteiger partial charge in [0, 0.05) is 5.56 Å². The molecule has 0 radical (unpaired) electrons. The lowest BCUT2D eigenvalue weighted by Crippen LogP contribution is -2.22. The molecule has 2 unspecified atom stereocenters. The fraction of sp³-hybridized carbons (Fsp3) is 0.545. The molecule has 1 fully saturated rings. The van der Waals surface area contributed by atoms with Crippen LogP contribution < -0.4 is 0 Å². The molecule has 0 amide bonds. The maximum Gasteiger partial charge on any atom is 0.166 e. The summed E-state index contributed by atoms with van der Waals surface area (Å²) in [5, 5.41) is 0. The highest BCUT2D eigenvalue weighted by atomic mass is 19.2. The molecule has 256 valence electrons. The Bertz CT molecular complexity index is 1370. The minimum atomic E-state index is -0.788. The highest BCUT2D eigenvalue weighted by Crippen LogP contribution is 2.40. The third-order valence-electron chi connectivity index (χ3n) is 11.1. The summed E-state index contributed by atoms with van der Waals surface area (Å²) in [5.74, 6) is 0.865. The zero-order chi connectivity index (χ0) is 33.6. The Morgan fingerprint density at radius 1 is 0.745 bits per heavy atom. The van der Waals surface area contributed by atoms with E-state index in [2.05, 4.69) is 27.4 Å². The first-order valence-corrected chi connectivity index (χ1v) is 18.8. The number of rotatable bonds is 19. The van der Waals surface area contributed by atoms with Crippen LogP contribution in [0.3, 0.4) is 0 Å². The molecule has 4 rings (SSSR count). The Kier molecular flexibility index (Phi) is 15.2. The summed E-state index contributed by atoms with van der Waals surface area (Å²) in [6.45, 7) is 10.6. The van der Waals surface area contributed by atoms with E-state index in [1.165, 1.54) is 64.2 Å². The predicted octanol–water partition coefficient (Wildman–Crippen LogP) is 14.4. The minimum Gasteiger partial charge on any atom is -0.207 e. The van der Waals surface area contributed by atoms with Crippen LogP contribution in [0, 0.1) is 35.2 Å². The van der Waals surface area contributed by atoms with Crippen LogP contribution in [0.15, 0.2) is 67.3 Å². The zero-order valence-corrected chi connectivity index (χ0v) is 29.4. The minimum absolute atomic E-state index is 0.163. The molecule has 47 heavy (non-hydrogen) atoms. The van der Waals surface area contributed by atoms with E-state index in [0.717, 1.165) is 73.0 Å². The SMILES string of the molecule is C=CCCC1CCC(C(CC)CCC(C)c2ccc(-c3ccc(-c4ccc(CCCCCCCCC)c(F)c4F)cc3)cc2F)CC1. The van der Waals surface area contributed by atoms with Gasteiger partial charge in [-0.2, -0.15) is 0 Å². The van der Waals surface area contributed by atoms with E-state index in [1.54, 1.807) is 30.3 Å². The molecule has 0 nitrogen and oxygen atoms in total. The molecule has 3 aromatic rings. The number of hydrogen-bond donors (Lipinski definition) is 0. The van der Waals surface area contributed by atoms with Crippen LogP contribution in [0.2, 0.25) is 0 Å². The van der Waals surface area contributed by atoms with Gasteiger partial charge in [0.15, 0.2) is 11.6 Å². The second kappa shape index (κ2) is 19.3. The van der Waals surface area contributed by atoms with Gasteiger partial charge >= 0.3 is 0 Å². The van der Waals surface area contributed by atoms with Crippen molar-refractivity contribution in [3.63, 3.8) is 0 Å². The molecule has 0 bridgehead atoms. The standard InChI is InChI=1S/C44H59F3/c1-5-8-10-11-12-13-14-16-38-27-30-41(44(47)43(38)46)37-25-23-36(24-26-37)39-28-29-40(42(45)31-39)32(4)17-20-34(7-3)35-21-18-33(19-22-35)15-9-6-2/h6,23-35H,2,5,7-22H2,1,3-4H3. The molecule has 1 saturated carbocycles. The van der Waals surface area contributed by atoms with Gasteiger partial charge in [-0.15, -0.1) is 6.58 Å². The van der Waals surface area contributed by atoms with Crippen molar-refractivity contribution in [3.05, 3.63) is 95.8 Å². The third-order valence-corrected chi connectivity index (χ3v) is 11.1. The molecule has 0 aromatic heterocycles. The first-order chi connectivity index (χ1) is 22.9. The zero-order valence-electron chi connectivity index (χ0n) is 29.4. The summed E-state index contributed by atoms with van der Waals surface area (Å²) in [4.78, 5) is 0. The van der Waals surface area contributed by atoms with Crippen molar-refractivity contribution in [1.29, 1.82) is 0 Å². The lowest BCUT2D eigenvalue weighted by molar-refractivity contribution is 0.183. The van der Waals surface area contributed by atoms with Crippen molar-refractivity contribution in [1.82, 2.24) is 0 Å². The molecule has 0 N–H and O–H groups in total. The van der Waals surface area contributed by atoms with Crippen molar-refractivity contribution < 1.29 is 13.2 Å². The van der Waals surface area contributed by atoms with E-state index in [4.69, 9.17) is 0 Å². The normalized spacial score (nSPS) is 17.8. The maximum absolute atomic E-state index is 15.5. The second-order valence-electron chi connectivity index (χ2n) is 14.4. The summed E-state index contributed by atoms with van der Waals surface area (Å²) >= 11 is 0. The quantitative estimate of drug-likeness (QED) is 0.0900. The van der Waals surface area contributed by atoms with Gasteiger partial charge in [-0.3, -0.25) is 0 Å². The number of unbranched alkanes of at least 4 members (excludes halogenated alkanes) is 6. The first-order valence-electron chi connectivity index (χ1n) is 18.8. The van der Waals surface area contributed by atoms with E-state index >= 15 is 8.78 Å². The molecule has 3 heteroatoms. The topological polar surface area (TPSA) is 0 Å². The van der Waals surface area contributed by atoms with E-state index < -0.39 is 11.6 Å². The van der Waals surface area contributed by atoms with Crippen LogP contribution in [0.25, 0.3) is 22.3 Å². The van der Waals surface area contributed by atoms with Crippen LogP contribution in [-0.4, -0.2) is 0 Å². The second-order valence-corrected chi connectivity index (χ2v) is 14.4. The fourth-order valence-corrected chi connectivity index (χ4v) is 7.92. The molecule has 0 aliphatic heterocycles. The largest absolute Gasteiger partial charge is 0.207 e. The number of halogens is 3. The Hall–Kier alpha value is -2.81. The fourth-order valence-electron chi connectivity index (χ4n) is 7.92. The smallest absolute Gasteiger partial charge is 0.166 e. The molecular formula is C44H59F3. The molecule has 3 aromatic carbocycles. The summed E-state index contributed by atoms with van der Waals surface area (Å²) in [5.41, 5.74) is 3.77. The van der Waals surface area contributed by atoms with Crippen molar-refractivity contribution in [3.8, 4) is 22.3 Å². The molecule has 2 atom stereocenters. The maximum atomic E-state index is 15.5. The number of benzene rings is 3. The van der Waals surface area contributed by atoms with Gasteiger partial charge in [-0.1, -0.05) is 133 Å². The average Bonchev–Trinajstić information content (AvgIpc) is 3.09. The van der Waals surface area contributed by atoms with Gasteiger partial charge in [0.05, 0.1) is 0 Å². The van der Waals surface area contributed by atoms with Crippen molar-refractivity contribution in [2.45, 2.75) is 136 Å². The molecule has 0 heterocycles. The van der Waals surface area contributed by atoms with Crippen molar-refractivity contribution >= 4 is 0 Å². The molecule has 0 spiro atoms. The van der Waals surface area contributed by atoms with Gasteiger partial charge in [-0.25, -0.2) is 13.2 Å². The number of allylic oxidation sites excluding steroid dienone is 1. The van der Waals surface area contributed by atoms with Gasteiger partial charge in [0.2, 0.25) is 0 Å². The van der Waals surface area contributed by atoms with Gasteiger partial charge in [-0.05, 0) is 109 Å². The Morgan fingerprint density at radius 2 is 1.40 bits per heavy atom. The Balaban J connectivity index is 1.31. The monoisotopic (exact) mass is 644 g/mol. The lowest BCUT2D eigenvalue weighted by Gasteiger charge is -2.34. The highest BCUT2D eigenvalue weighted by Gasteiger charge is 2.27. The van der Waals surface area contributed by atoms with Crippen LogP contribution in [0.4, 0.5) is 13.2 Å². The van der Waals surface area contributed by atoms with E-state index in [0.29, 0.717) is 17.5 Å². The molecule has 0 saturated heterocycles. The van der Waals surface area contributed by atoms with Crippen molar-refractivity contribution in [2.75, 3.05) is 0 Å². The summed E-state index contributed by atoms with van der Waals surface area (Å²) in [6.07, 6.45) is 21.8. The molecule has 1 aliphatic carbocycles. The van der Waals surface area contributed by atoms with Gasteiger partial charge in [0.1, 0.15) is 5.82 Å². The lowest BCUT2D eigenvalue weighted by atomic mass is 9.72. The Morgan fingerprint density at radius 3 is 2.06 bits per heavy atom. The summed E-state index contributed by atoms with van der Waals surface area (Å²) < 4.78 is 45.5.